The zero-order chi connectivity index (χ0) is 19.5. The Morgan fingerprint density at radius 2 is 1.86 bits per heavy atom. The fourth-order valence-corrected chi connectivity index (χ4v) is 2.81. The number of anilines is 1. The molecule has 0 atom stereocenters. The number of nitrogens with zero attached hydrogens (tertiary/aromatic N) is 4. The second-order valence-corrected chi connectivity index (χ2v) is 5.91. The molecule has 4 rings (SSSR count). The molecule has 0 unspecified atom stereocenters. The molecule has 0 saturated heterocycles. The van der Waals surface area contributed by atoms with Crippen molar-refractivity contribution in [2.75, 3.05) is 19.5 Å². The van der Waals surface area contributed by atoms with E-state index in [9.17, 15) is 4.79 Å². The van der Waals surface area contributed by atoms with Crippen molar-refractivity contribution in [3.63, 3.8) is 0 Å². The maximum absolute atomic E-state index is 12.6. The lowest BCUT2D eigenvalue weighted by Crippen LogP contribution is -2.12. The van der Waals surface area contributed by atoms with E-state index in [4.69, 9.17) is 9.47 Å². The van der Waals surface area contributed by atoms with Crippen LogP contribution in [-0.2, 0) is 0 Å². The quantitative estimate of drug-likeness (QED) is 0.576. The van der Waals surface area contributed by atoms with Crippen molar-refractivity contribution >= 4 is 17.4 Å². The standard InChI is InChI=1S/C20H17N5O3/c1-27-15-8-9-16(17(12-15)28-2)22-19(26)14-6-4-13(5-7-14)18-23-24-20-21-10-3-11-25(18)20/h3-12H,1-2H3,(H,22,26). The van der Waals surface area contributed by atoms with Crippen LogP contribution in [0.5, 0.6) is 11.5 Å². The highest BCUT2D eigenvalue weighted by molar-refractivity contribution is 6.05. The van der Waals surface area contributed by atoms with E-state index in [1.165, 1.54) is 7.11 Å². The molecule has 8 nitrogen and oxygen atoms in total. The summed E-state index contributed by atoms with van der Waals surface area (Å²) in [6, 6.07) is 14.1. The van der Waals surface area contributed by atoms with Gasteiger partial charge in [-0.1, -0.05) is 12.1 Å². The highest BCUT2D eigenvalue weighted by Crippen LogP contribution is 2.29. The van der Waals surface area contributed by atoms with Gasteiger partial charge in [0.15, 0.2) is 5.82 Å². The molecule has 0 saturated carbocycles. The van der Waals surface area contributed by atoms with Gasteiger partial charge in [0.25, 0.3) is 11.7 Å². The number of hydrogen-bond acceptors (Lipinski definition) is 6. The SMILES string of the molecule is COc1ccc(NC(=O)c2ccc(-c3nnc4ncccn34)cc2)c(OC)c1. The number of rotatable bonds is 5. The molecule has 0 fully saturated rings. The molecule has 2 aromatic carbocycles. The average Bonchev–Trinajstić information content (AvgIpc) is 3.18. The smallest absolute Gasteiger partial charge is 0.255 e. The Balaban J connectivity index is 1.56. The lowest BCUT2D eigenvalue weighted by molar-refractivity contribution is 0.102. The van der Waals surface area contributed by atoms with Crippen LogP contribution in [0.25, 0.3) is 17.2 Å². The molecule has 1 N–H and O–H groups in total. The Labute approximate surface area is 160 Å². The first-order valence-corrected chi connectivity index (χ1v) is 8.49. The van der Waals surface area contributed by atoms with E-state index in [1.807, 2.05) is 24.4 Å². The summed E-state index contributed by atoms with van der Waals surface area (Å²) < 4.78 is 12.3. The summed E-state index contributed by atoms with van der Waals surface area (Å²) in [7, 11) is 3.11. The number of hydrogen-bond donors (Lipinski definition) is 1. The van der Waals surface area contributed by atoms with Crippen LogP contribution in [0.3, 0.4) is 0 Å². The predicted octanol–water partition coefficient (Wildman–Crippen LogP) is 3.06. The van der Waals surface area contributed by atoms with Gasteiger partial charge in [-0.25, -0.2) is 4.98 Å². The number of aromatic nitrogens is 4. The number of carbonyl (C=O) groups is 1. The Kier molecular flexibility index (Phi) is 4.59. The van der Waals surface area contributed by atoms with Gasteiger partial charge in [0.1, 0.15) is 11.5 Å². The van der Waals surface area contributed by atoms with Crippen LogP contribution in [0.15, 0.2) is 60.9 Å². The molecule has 0 spiro atoms. The van der Waals surface area contributed by atoms with Crippen LogP contribution < -0.4 is 14.8 Å². The molecule has 2 aromatic heterocycles. The van der Waals surface area contributed by atoms with Crippen molar-refractivity contribution in [3.05, 3.63) is 66.5 Å². The van der Waals surface area contributed by atoms with Gasteiger partial charge in [-0.15, -0.1) is 10.2 Å². The molecule has 0 aliphatic heterocycles. The largest absolute Gasteiger partial charge is 0.497 e. The Morgan fingerprint density at radius 3 is 2.61 bits per heavy atom. The first kappa shape index (κ1) is 17.5. The van der Waals surface area contributed by atoms with Gasteiger partial charge < -0.3 is 14.8 Å². The van der Waals surface area contributed by atoms with Crippen LogP contribution in [0, 0.1) is 0 Å². The number of nitrogens with one attached hydrogen (secondary N) is 1. The number of methoxy groups -OCH3 is 2. The fraction of sp³-hybridized carbons (Fsp3) is 0.100. The minimum absolute atomic E-state index is 0.247. The first-order chi connectivity index (χ1) is 13.7. The molecule has 0 radical (unpaired) electrons. The van der Waals surface area contributed by atoms with Crippen molar-refractivity contribution in [2.24, 2.45) is 0 Å². The summed E-state index contributed by atoms with van der Waals surface area (Å²) in [6.07, 6.45) is 3.50. The highest BCUT2D eigenvalue weighted by Gasteiger charge is 2.13. The van der Waals surface area contributed by atoms with E-state index in [-0.39, 0.29) is 5.91 Å². The van der Waals surface area contributed by atoms with Gasteiger partial charge >= 0.3 is 0 Å². The summed E-state index contributed by atoms with van der Waals surface area (Å²) in [5, 5.41) is 11.1. The van der Waals surface area contributed by atoms with Crippen molar-refractivity contribution < 1.29 is 14.3 Å². The van der Waals surface area contributed by atoms with Gasteiger partial charge in [-0.2, -0.15) is 0 Å². The molecule has 2 heterocycles. The normalized spacial score (nSPS) is 10.6. The van der Waals surface area contributed by atoms with Gasteiger partial charge in [0.05, 0.1) is 19.9 Å². The van der Waals surface area contributed by atoms with E-state index < -0.39 is 0 Å². The third-order valence-corrected chi connectivity index (χ3v) is 4.25. The zero-order valence-electron chi connectivity index (χ0n) is 15.3. The van der Waals surface area contributed by atoms with Crippen molar-refractivity contribution in [2.45, 2.75) is 0 Å². The second kappa shape index (κ2) is 7.36. The van der Waals surface area contributed by atoms with Crippen molar-refractivity contribution in [1.29, 1.82) is 0 Å². The van der Waals surface area contributed by atoms with Gasteiger partial charge in [-0.05, 0) is 30.3 Å². The summed E-state index contributed by atoms with van der Waals surface area (Å²) >= 11 is 0. The molecule has 140 valence electrons. The van der Waals surface area contributed by atoms with E-state index in [0.717, 1.165) is 5.56 Å². The van der Waals surface area contributed by atoms with Crippen molar-refractivity contribution in [3.8, 4) is 22.9 Å². The fourth-order valence-electron chi connectivity index (χ4n) is 2.81. The van der Waals surface area contributed by atoms with Crippen LogP contribution >= 0.6 is 0 Å². The molecule has 4 aromatic rings. The number of fused-ring (bicyclic) bond motifs is 1. The van der Waals surface area contributed by atoms with Gasteiger partial charge in [0, 0.05) is 29.6 Å². The maximum atomic E-state index is 12.6. The van der Waals surface area contributed by atoms with E-state index in [0.29, 0.717) is 34.4 Å². The Hall–Kier alpha value is -3.94. The molecule has 0 aliphatic rings. The molecule has 8 heteroatoms. The van der Waals surface area contributed by atoms with Crippen LogP contribution in [-0.4, -0.2) is 39.7 Å². The molecular formula is C20H17N5O3. The maximum Gasteiger partial charge on any atom is 0.255 e. The molecule has 0 bridgehead atoms. The van der Waals surface area contributed by atoms with E-state index >= 15 is 0 Å². The number of amides is 1. The monoisotopic (exact) mass is 375 g/mol. The number of carbonyl (C=O) groups excluding carboxylic acids is 1. The zero-order valence-corrected chi connectivity index (χ0v) is 15.3. The Bertz CT molecular complexity index is 1140. The lowest BCUT2D eigenvalue weighted by atomic mass is 10.1. The van der Waals surface area contributed by atoms with E-state index in [2.05, 4.69) is 20.5 Å². The lowest BCUT2D eigenvalue weighted by Gasteiger charge is -2.11. The van der Waals surface area contributed by atoms with Crippen LogP contribution in [0.2, 0.25) is 0 Å². The summed E-state index contributed by atoms with van der Waals surface area (Å²) in [5.74, 6) is 2.10. The molecular weight excluding hydrogens is 358 g/mol. The summed E-state index contributed by atoms with van der Waals surface area (Å²) in [6.45, 7) is 0. The predicted molar refractivity (Wildman–Crippen MR) is 104 cm³/mol. The van der Waals surface area contributed by atoms with Crippen LogP contribution in [0.1, 0.15) is 10.4 Å². The molecule has 28 heavy (non-hydrogen) atoms. The topological polar surface area (TPSA) is 90.6 Å². The highest BCUT2D eigenvalue weighted by atomic mass is 16.5. The minimum Gasteiger partial charge on any atom is -0.497 e. The minimum atomic E-state index is -0.247. The molecule has 1 amide bonds. The number of ether oxygens (including phenoxy) is 2. The van der Waals surface area contributed by atoms with E-state index in [1.54, 1.807) is 48.0 Å². The first-order valence-electron chi connectivity index (χ1n) is 8.49. The molecule has 0 aliphatic carbocycles. The third kappa shape index (κ3) is 3.23. The third-order valence-electron chi connectivity index (χ3n) is 4.25. The van der Waals surface area contributed by atoms with Crippen LogP contribution in [0.4, 0.5) is 5.69 Å². The Morgan fingerprint density at radius 1 is 1.04 bits per heavy atom. The summed E-state index contributed by atoms with van der Waals surface area (Å²) in [4.78, 5) is 16.8. The second-order valence-electron chi connectivity index (χ2n) is 5.91. The van der Waals surface area contributed by atoms with Gasteiger partial charge in [-0.3, -0.25) is 9.20 Å². The number of benzene rings is 2. The summed E-state index contributed by atoms with van der Waals surface area (Å²) in [5.41, 5.74) is 1.90. The average molecular weight is 375 g/mol. The van der Waals surface area contributed by atoms with Crippen molar-refractivity contribution in [1.82, 2.24) is 19.6 Å². The van der Waals surface area contributed by atoms with Gasteiger partial charge in [0.2, 0.25) is 0 Å².